The number of aliphatic hydroxyl groups is 1. The summed E-state index contributed by atoms with van der Waals surface area (Å²) in [6.07, 6.45) is -9.57. The van der Waals surface area contributed by atoms with Gasteiger partial charge < -0.3 is 10.4 Å². The first-order valence-electron chi connectivity index (χ1n) is 19.7. The van der Waals surface area contributed by atoms with Crippen LogP contribution in [0.3, 0.4) is 0 Å². The second-order valence-corrected chi connectivity index (χ2v) is 21.5. The lowest BCUT2D eigenvalue weighted by molar-refractivity contribution is -0.143. The highest BCUT2D eigenvalue weighted by molar-refractivity contribution is 7.92. The Bertz CT molecular complexity index is 3110. The fourth-order valence-corrected chi connectivity index (χ4v) is 9.28. The predicted molar refractivity (Wildman–Crippen MR) is 222 cm³/mol. The number of carbonyl (C=O) groups is 1. The number of hydrogen-bond donors (Lipinski definition) is 2. The summed E-state index contributed by atoms with van der Waals surface area (Å²) in [5.74, 6) is -5.54. The third kappa shape index (κ3) is 9.80. The molecule has 360 valence electrons. The molecule has 0 bridgehead atoms. The molecule has 7 rings (SSSR count). The van der Waals surface area contributed by atoms with Gasteiger partial charge in [-0.25, -0.2) is 34.9 Å². The molecule has 2 aliphatic carbocycles. The Hall–Kier alpha value is -5.45. The fourth-order valence-electron chi connectivity index (χ4n) is 7.95. The second kappa shape index (κ2) is 17.0. The van der Waals surface area contributed by atoms with Crippen LogP contribution in [0.2, 0.25) is 5.02 Å². The molecule has 67 heavy (non-hydrogen) atoms. The lowest BCUT2D eigenvalue weighted by atomic mass is 9.93. The molecule has 0 aliphatic heterocycles. The molecule has 3 heterocycles. The zero-order valence-corrected chi connectivity index (χ0v) is 37.6. The smallest absolute Gasteiger partial charge is 0.394 e. The summed E-state index contributed by atoms with van der Waals surface area (Å²) in [6, 6.07) is 5.11. The molecule has 0 spiro atoms. The second-order valence-electron chi connectivity index (χ2n) is 16.6. The van der Waals surface area contributed by atoms with E-state index in [2.05, 4.69) is 32.3 Å². The molecule has 5 aromatic rings. The fraction of sp³-hybridized carbons (Fsp3) is 0.415. The molecule has 2 aromatic carbocycles. The minimum atomic E-state index is -5.20. The van der Waals surface area contributed by atoms with Gasteiger partial charge in [-0.05, 0) is 74.4 Å². The maximum absolute atomic E-state index is 15.5. The highest BCUT2D eigenvalue weighted by atomic mass is 35.5. The number of alkyl halides is 8. The summed E-state index contributed by atoms with van der Waals surface area (Å²) in [5, 5.41) is 18.8. The van der Waals surface area contributed by atoms with Gasteiger partial charge in [0.05, 0.1) is 47.1 Å². The van der Waals surface area contributed by atoms with Crippen LogP contribution in [0.5, 0.6) is 0 Å². The number of aliphatic hydroxyl groups excluding tert-OH is 1. The van der Waals surface area contributed by atoms with Crippen LogP contribution < -0.4 is 9.62 Å². The maximum atomic E-state index is 15.5. The van der Waals surface area contributed by atoms with Gasteiger partial charge in [-0.2, -0.15) is 45.3 Å². The average Bonchev–Trinajstić information content (AvgIpc) is 3.69. The molecular formula is C41H36ClF10N7O6S2. The number of anilines is 1. The predicted octanol–water partition coefficient (Wildman–Crippen LogP) is 7.05. The Morgan fingerprint density at radius 2 is 1.63 bits per heavy atom. The van der Waals surface area contributed by atoms with Crippen LogP contribution in [0.15, 0.2) is 42.5 Å². The molecule has 2 N–H and O–H groups in total. The number of sulfone groups is 1. The molecule has 13 nitrogen and oxygen atoms in total. The van der Waals surface area contributed by atoms with E-state index >= 15 is 8.78 Å². The number of benzene rings is 2. The number of sulfonamides is 1. The molecule has 1 fully saturated rings. The van der Waals surface area contributed by atoms with E-state index in [0.717, 1.165) is 30.5 Å². The maximum Gasteiger partial charge on any atom is 0.435 e. The zero-order chi connectivity index (χ0) is 49.6. The normalized spacial score (nSPS) is 17.4. The summed E-state index contributed by atoms with van der Waals surface area (Å²) in [4.78, 5) is 18.6. The van der Waals surface area contributed by atoms with Crippen LogP contribution >= 0.6 is 11.6 Å². The summed E-state index contributed by atoms with van der Waals surface area (Å²) >= 11 is 6.57. The number of nitrogens with zero attached hydrogens (tertiary/aromatic N) is 6. The van der Waals surface area contributed by atoms with Crippen molar-refractivity contribution in [3.8, 4) is 23.0 Å². The van der Waals surface area contributed by atoms with E-state index in [4.69, 9.17) is 11.6 Å². The van der Waals surface area contributed by atoms with Crippen molar-refractivity contribution >= 4 is 54.1 Å². The van der Waals surface area contributed by atoms with Crippen molar-refractivity contribution in [2.75, 3.05) is 30.0 Å². The Labute approximate surface area is 380 Å². The lowest BCUT2D eigenvalue weighted by Gasteiger charge is -2.23. The monoisotopic (exact) mass is 1010 g/mol. The van der Waals surface area contributed by atoms with Crippen molar-refractivity contribution in [3.63, 3.8) is 0 Å². The van der Waals surface area contributed by atoms with Gasteiger partial charge in [0.25, 0.3) is 5.92 Å². The third-order valence-corrected chi connectivity index (χ3v) is 14.7. The van der Waals surface area contributed by atoms with Crippen LogP contribution in [0, 0.1) is 29.4 Å². The minimum absolute atomic E-state index is 0.210. The summed E-state index contributed by atoms with van der Waals surface area (Å²) in [6.45, 7) is -2.16. The molecular weight excluding hydrogens is 976 g/mol. The van der Waals surface area contributed by atoms with E-state index in [1.54, 1.807) is 0 Å². The molecule has 3 atom stereocenters. The third-order valence-electron chi connectivity index (χ3n) is 11.2. The van der Waals surface area contributed by atoms with Gasteiger partial charge in [-0.3, -0.25) is 14.2 Å². The zero-order valence-electron chi connectivity index (χ0n) is 35.2. The summed E-state index contributed by atoms with van der Waals surface area (Å²) in [5.41, 5.74) is -5.39. The SMILES string of the molecule is CC(C)(C#Cc1ccc(-c2ccc(Cl)c3c(N(CCO)S(C)(=O)=O)nn(CC(F)(F)F)c23)c(C(Cc2cc(F)cc(F)c2)NC(=O)Cn2nc(C(F)(F)F)c3c2C(F)(F)[C@@H]2C[C@H]32)n1)S(C)(=O)=O. The number of aromatic nitrogens is 5. The topological polar surface area (TPSA) is 169 Å². The van der Waals surface area contributed by atoms with Gasteiger partial charge in [0.1, 0.15) is 40.9 Å². The number of amides is 1. The van der Waals surface area contributed by atoms with Crippen LogP contribution in [0.4, 0.5) is 49.7 Å². The van der Waals surface area contributed by atoms with Crippen molar-refractivity contribution in [2.45, 2.75) is 74.8 Å². The van der Waals surface area contributed by atoms with Crippen molar-refractivity contribution in [1.29, 1.82) is 0 Å². The van der Waals surface area contributed by atoms with Crippen LogP contribution in [0.1, 0.15) is 66.1 Å². The van der Waals surface area contributed by atoms with Crippen molar-refractivity contribution < 1.29 is 70.6 Å². The number of carbonyl (C=O) groups excluding carboxylic acids is 1. The number of pyridine rings is 1. The first kappa shape index (κ1) is 49.5. The lowest BCUT2D eigenvalue weighted by Crippen LogP contribution is -2.35. The number of fused-ring (bicyclic) bond motifs is 4. The van der Waals surface area contributed by atoms with Crippen LogP contribution in [0.25, 0.3) is 22.0 Å². The van der Waals surface area contributed by atoms with E-state index in [1.165, 1.54) is 26.0 Å². The molecule has 0 saturated heterocycles. The van der Waals surface area contributed by atoms with E-state index in [-0.39, 0.29) is 38.5 Å². The standard InChI is InChI=1S/C41H36ClF10N7O6S2/c1-38(2,66(3,62)63)10-9-23-5-6-24(25-7-8-28(42)32-34(25)58(19-39(45,46)47)56-37(32)59(11-12-60)67(4,64)65)33(53-23)29(15-20-13-21(43)16-22(44)14-20)54-30(61)18-57-36-31(35(55-57)41(50,51)52)26-17-27(26)40(36,48)49/h5-8,13-14,16,26-27,29,60H,11-12,15,17-19H2,1-4H3,(H,54,61)/t26-,27+,29?/m0/s1. The Morgan fingerprint density at radius 3 is 2.21 bits per heavy atom. The quantitative estimate of drug-likeness (QED) is 0.0928. The summed E-state index contributed by atoms with van der Waals surface area (Å²) in [7, 11) is -8.26. The van der Waals surface area contributed by atoms with Gasteiger partial charge >= 0.3 is 12.4 Å². The number of nitrogens with one attached hydrogen (secondary N) is 1. The summed E-state index contributed by atoms with van der Waals surface area (Å²) < 4.78 is 196. The molecule has 26 heteroatoms. The van der Waals surface area contributed by atoms with Crippen LogP contribution in [-0.2, 0) is 56.3 Å². The van der Waals surface area contributed by atoms with E-state index in [9.17, 15) is 61.9 Å². The molecule has 1 unspecified atom stereocenters. The van der Waals surface area contributed by atoms with Gasteiger partial charge in [0.15, 0.2) is 21.3 Å². The van der Waals surface area contributed by atoms with Crippen molar-refractivity contribution in [2.24, 2.45) is 5.92 Å². The highest BCUT2D eigenvalue weighted by Gasteiger charge is 2.68. The Morgan fingerprint density at radius 1 is 0.985 bits per heavy atom. The molecule has 2 aliphatic rings. The van der Waals surface area contributed by atoms with Gasteiger partial charge in [0, 0.05) is 34.9 Å². The molecule has 1 saturated carbocycles. The van der Waals surface area contributed by atoms with Crippen LogP contribution in [-0.4, -0.2) is 89.0 Å². The van der Waals surface area contributed by atoms with Crippen molar-refractivity contribution in [1.82, 2.24) is 29.9 Å². The minimum Gasteiger partial charge on any atom is -0.394 e. The number of hydrogen-bond acceptors (Lipinski definition) is 9. The Balaban J connectivity index is 1.48. The molecule has 1 amide bonds. The van der Waals surface area contributed by atoms with Gasteiger partial charge in [0.2, 0.25) is 15.9 Å². The Kier molecular flexibility index (Phi) is 12.5. The van der Waals surface area contributed by atoms with E-state index < -0.39 is 150 Å². The largest absolute Gasteiger partial charge is 0.435 e. The molecule has 3 aromatic heterocycles. The highest BCUT2D eigenvalue weighted by Crippen LogP contribution is 2.68. The van der Waals surface area contributed by atoms with Gasteiger partial charge in [-0.1, -0.05) is 23.6 Å². The average molecular weight is 1010 g/mol. The first-order valence-corrected chi connectivity index (χ1v) is 23.8. The van der Waals surface area contributed by atoms with Crippen molar-refractivity contribution in [3.05, 3.63) is 93.0 Å². The first-order chi connectivity index (χ1) is 30.8. The molecule has 0 radical (unpaired) electrons. The number of halogens is 11. The number of rotatable bonds is 13. The van der Waals surface area contributed by atoms with E-state index in [0.29, 0.717) is 21.3 Å². The van der Waals surface area contributed by atoms with E-state index in [1.807, 2.05) is 0 Å². The van der Waals surface area contributed by atoms with Gasteiger partial charge in [-0.15, -0.1) is 0 Å².